The van der Waals surface area contributed by atoms with Crippen molar-refractivity contribution in [2.45, 2.75) is 13.0 Å². The number of hydrogen-bond donors (Lipinski definition) is 2. The zero-order valence-electron chi connectivity index (χ0n) is 10.0. The van der Waals surface area contributed by atoms with Crippen molar-refractivity contribution in [3.05, 3.63) is 10.9 Å². The predicted molar refractivity (Wildman–Crippen MR) is 69.7 cm³/mol. The first-order valence-electron chi connectivity index (χ1n) is 5.59. The molecule has 2 rings (SSSR count). The number of carbonyl (C=O) groups excluding carboxylic acids is 1. The summed E-state index contributed by atoms with van der Waals surface area (Å²) >= 11 is 1.43. The van der Waals surface area contributed by atoms with Gasteiger partial charge in [0.2, 0.25) is 0 Å². The third kappa shape index (κ3) is 2.53. The lowest BCUT2D eigenvalue weighted by Crippen LogP contribution is -2.40. The highest BCUT2D eigenvalue weighted by Gasteiger charge is 2.21. The largest absolute Gasteiger partial charge is 0.397 e. The van der Waals surface area contributed by atoms with E-state index in [1.54, 1.807) is 7.05 Å². The Morgan fingerprint density at radius 1 is 1.71 bits per heavy atom. The van der Waals surface area contributed by atoms with Crippen LogP contribution in [0.15, 0.2) is 6.07 Å². The first-order valence-corrected chi connectivity index (χ1v) is 6.41. The van der Waals surface area contributed by atoms with Crippen molar-refractivity contribution < 1.29 is 9.53 Å². The Kier molecular flexibility index (Phi) is 3.54. The molecule has 0 spiro atoms. The second kappa shape index (κ2) is 4.93. The van der Waals surface area contributed by atoms with E-state index in [1.165, 1.54) is 11.3 Å². The summed E-state index contributed by atoms with van der Waals surface area (Å²) in [6, 6.07) is 1.87. The number of nitrogens with zero attached hydrogens (tertiary/aromatic N) is 1. The molecule has 1 saturated heterocycles. The van der Waals surface area contributed by atoms with Gasteiger partial charge in [0.15, 0.2) is 0 Å². The highest BCUT2D eigenvalue weighted by molar-refractivity contribution is 7.18. The summed E-state index contributed by atoms with van der Waals surface area (Å²) < 4.78 is 5.49. The zero-order chi connectivity index (χ0) is 12.4. The molecule has 3 N–H and O–H groups in total. The first kappa shape index (κ1) is 12.2. The number of hydrogen-bond acceptors (Lipinski definition) is 5. The van der Waals surface area contributed by atoms with Gasteiger partial charge in [-0.2, -0.15) is 0 Å². The van der Waals surface area contributed by atoms with Crippen molar-refractivity contribution in [1.29, 1.82) is 0 Å². The van der Waals surface area contributed by atoms with Gasteiger partial charge in [0.05, 0.1) is 23.4 Å². The molecule has 1 aliphatic heterocycles. The average Bonchev–Trinajstić information content (AvgIpc) is 2.70. The van der Waals surface area contributed by atoms with Crippen LogP contribution in [-0.4, -0.2) is 38.8 Å². The molecule has 1 aromatic rings. The second-order valence-electron chi connectivity index (χ2n) is 4.08. The van der Waals surface area contributed by atoms with Gasteiger partial charge in [0.25, 0.3) is 5.91 Å². The second-order valence-corrected chi connectivity index (χ2v) is 5.11. The molecule has 94 valence electrons. The van der Waals surface area contributed by atoms with Crippen LogP contribution < -0.4 is 16.0 Å². The number of morpholine rings is 1. The Hall–Kier alpha value is -1.27. The molecular weight excluding hydrogens is 238 g/mol. The van der Waals surface area contributed by atoms with Crippen molar-refractivity contribution in [3.8, 4) is 0 Å². The van der Waals surface area contributed by atoms with Gasteiger partial charge in [-0.3, -0.25) is 4.79 Å². The SMILES string of the molecule is CNC(=O)c1sc(N2CCOC(C)C2)cc1N. The number of anilines is 2. The lowest BCUT2D eigenvalue weighted by Gasteiger charge is -2.31. The quantitative estimate of drug-likeness (QED) is 0.824. The summed E-state index contributed by atoms with van der Waals surface area (Å²) in [4.78, 5) is 14.4. The van der Waals surface area contributed by atoms with Crippen LogP contribution in [0.5, 0.6) is 0 Å². The number of nitrogens with one attached hydrogen (secondary N) is 1. The Labute approximate surface area is 105 Å². The lowest BCUT2D eigenvalue weighted by molar-refractivity contribution is 0.0534. The van der Waals surface area contributed by atoms with Gasteiger partial charge in [-0.15, -0.1) is 11.3 Å². The molecule has 1 unspecified atom stereocenters. The van der Waals surface area contributed by atoms with E-state index in [0.29, 0.717) is 17.2 Å². The maximum atomic E-state index is 11.6. The van der Waals surface area contributed by atoms with Gasteiger partial charge in [-0.1, -0.05) is 0 Å². The maximum Gasteiger partial charge on any atom is 0.263 e. The highest BCUT2D eigenvalue weighted by Crippen LogP contribution is 2.32. The van der Waals surface area contributed by atoms with E-state index in [-0.39, 0.29) is 12.0 Å². The fourth-order valence-electron chi connectivity index (χ4n) is 1.86. The molecule has 0 aliphatic carbocycles. The van der Waals surface area contributed by atoms with Crippen molar-refractivity contribution in [2.75, 3.05) is 37.4 Å². The Balaban J connectivity index is 2.19. The molecule has 0 saturated carbocycles. The molecule has 0 radical (unpaired) electrons. The van der Waals surface area contributed by atoms with Crippen LogP contribution >= 0.6 is 11.3 Å². The molecule has 6 heteroatoms. The summed E-state index contributed by atoms with van der Waals surface area (Å²) in [7, 11) is 1.61. The zero-order valence-corrected chi connectivity index (χ0v) is 10.8. The molecule has 1 aromatic heterocycles. The van der Waals surface area contributed by atoms with Crippen LogP contribution in [-0.2, 0) is 4.74 Å². The number of carbonyl (C=O) groups is 1. The van der Waals surface area contributed by atoms with Crippen LogP contribution in [0.1, 0.15) is 16.6 Å². The van der Waals surface area contributed by atoms with E-state index in [1.807, 2.05) is 13.0 Å². The van der Waals surface area contributed by atoms with Crippen molar-refractivity contribution in [2.24, 2.45) is 0 Å². The number of thiophene rings is 1. The molecule has 1 amide bonds. The predicted octanol–water partition coefficient (Wildman–Crippen LogP) is 0.915. The summed E-state index contributed by atoms with van der Waals surface area (Å²) in [6.45, 7) is 4.45. The number of ether oxygens (including phenoxy) is 1. The standard InChI is InChI=1S/C11H17N3O2S/c1-7-6-14(3-4-16-7)9-5-8(12)10(17-9)11(15)13-2/h5,7H,3-4,6,12H2,1-2H3,(H,13,15). The number of nitrogens with two attached hydrogens (primary N) is 1. The minimum atomic E-state index is -0.125. The third-order valence-corrected chi connectivity index (χ3v) is 3.94. The fourth-order valence-corrected chi connectivity index (χ4v) is 2.92. The molecular formula is C11H17N3O2S. The van der Waals surface area contributed by atoms with Gasteiger partial charge >= 0.3 is 0 Å². The highest BCUT2D eigenvalue weighted by atomic mass is 32.1. The summed E-state index contributed by atoms with van der Waals surface area (Å²) in [6.07, 6.45) is 0.218. The van der Waals surface area contributed by atoms with Crippen molar-refractivity contribution in [1.82, 2.24) is 5.32 Å². The molecule has 1 atom stereocenters. The Morgan fingerprint density at radius 2 is 2.47 bits per heavy atom. The summed E-state index contributed by atoms with van der Waals surface area (Å²) in [5.74, 6) is -0.125. The lowest BCUT2D eigenvalue weighted by atomic mass is 10.3. The van der Waals surface area contributed by atoms with E-state index in [9.17, 15) is 4.79 Å². The van der Waals surface area contributed by atoms with E-state index in [0.717, 1.165) is 18.1 Å². The number of rotatable bonds is 2. The Morgan fingerprint density at radius 3 is 3.12 bits per heavy atom. The van der Waals surface area contributed by atoms with Gasteiger partial charge in [0.1, 0.15) is 4.88 Å². The molecule has 1 fully saturated rings. The van der Waals surface area contributed by atoms with Crippen LogP contribution in [0.4, 0.5) is 10.7 Å². The topological polar surface area (TPSA) is 67.6 Å². The average molecular weight is 255 g/mol. The van der Waals surface area contributed by atoms with Crippen molar-refractivity contribution >= 4 is 27.9 Å². The minimum Gasteiger partial charge on any atom is -0.397 e. The van der Waals surface area contributed by atoms with E-state index >= 15 is 0 Å². The molecule has 5 nitrogen and oxygen atoms in total. The molecule has 1 aliphatic rings. The van der Waals surface area contributed by atoms with Gasteiger partial charge < -0.3 is 20.7 Å². The van der Waals surface area contributed by atoms with Gasteiger partial charge in [-0.25, -0.2) is 0 Å². The summed E-state index contributed by atoms with van der Waals surface area (Å²) in [5.41, 5.74) is 6.40. The van der Waals surface area contributed by atoms with E-state index in [2.05, 4.69) is 10.2 Å². The third-order valence-electron chi connectivity index (χ3n) is 2.73. The molecule has 0 bridgehead atoms. The van der Waals surface area contributed by atoms with Crippen LogP contribution in [0.3, 0.4) is 0 Å². The van der Waals surface area contributed by atoms with E-state index < -0.39 is 0 Å². The fraction of sp³-hybridized carbons (Fsp3) is 0.545. The molecule has 2 heterocycles. The van der Waals surface area contributed by atoms with Crippen LogP contribution in [0.2, 0.25) is 0 Å². The monoisotopic (exact) mass is 255 g/mol. The molecule has 0 aromatic carbocycles. The summed E-state index contributed by atoms with van der Waals surface area (Å²) in [5, 5.41) is 3.63. The normalized spacial score (nSPS) is 20.4. The van der Waals surface area contributed by atoms with Crippen LogP contribution in [0, 0.1) is 0 Å². The molecule has 17 heavy (non-hydrogen) atoms. The van der Waals surface area contributed by atoms with Crippen molar-refractivity contribution in [3.63, 3.8) is 0 Å². The minimum absolute atomic E-state index is 0.125. The first-order chi connectivity index (χ1) is 8.11. The number of nitrogen functional groups attached to an aromatic ring is 1. The van der Waals surface area contributed by atoms with Gasteiger partial charge in [0, 0.05) is 20.1 Å². The van der Waals surface area contributed by atoms with Gasteiger partial charge in [-0.05, 0) is 13.0 Å². The smallest absolute Gasteiger partial charge is 0.263 e. The Bertz CT molecular complexity index is 419. The van der Waals surface area contributed by atoms with E-state index in [4.69, 9.17) is 10.5 Å². The van der Waals surface area contributed by atoms with Crippen LogP contribution in [0.25, 0.3) is 0 Å². The number of amides is 1. The maximum absolute atomic E-state index is 11.6.